The molecule has 6 heteroatoms. The monoisotopic (exact) mass is 391 g/mol. The van der Waals surface area contributed by atoms with Crippen molar-refractivity contribution in [3.63, 3.8) is 0 Å². The van der Waals surface area contributed by atoms with Gasteiger partial charge in [-0.05, 0) is 38.4 Å². The van der Waals surface area contributed by atoms with Crippen molar-refractivity contribution in [2.45, 2.75) is 6.42 Å². The normalized spacial score (nSPS) is 14.8. The summed E-state index contributed by atoms with van der Waals surface area (Å²) < 4.78 is 2.15. The fourth-order valence-electron chi connectivity index (χ4n) is 3.94. The zero-order valence-corrected chi connectivity index (χ0v) is 17.5. The van der Waals surface area contributed by atoms with Gasteiger partial charge in [0.1, 0.15) is 5.82 Å². The summed E-state index contributed by atoms with van der Waals surface area (Å²) in [5.41, 5.74) is 4.46. The van der Waals surface area contributed by atoms with Crippen LogP contribution in [0.2, 0.25) is 0 Å². The summed E-state index contributed by atoms with van der Waals surface area (Å²) in [5, 5.41) is 0. The molecule has 1 fully saturated rings. The maximum atomic E-state index is 12.4. The molecule has 0 aliphatic carbocycles. The molecule has 0 saturated carbocycles. The molecule has 0 bridgehead atoms. The van der Waals surface area contributed by atoms with Crippen molar-refractivity contribution < 1.29 is 4.79 Å². The first-order valence-electron chi connectivity index (χ1n) is 10.2. The van der Waals surface area contributed by atoms with Gasteiger partial charge in [0.2, 0.25) is 5.91 Å². The van der Waals surface area contributed by atoms with Gasteiger partial charge in [-0.3, -0.25) is 4.79 Å². The van der Waals surface area contributed by atoms with Crippen molar-refractivity contribution in [3.05, 3.63) is 48.5 Å². The second-order valence-corrected chi connectivity index (χ2v) is 7.95. The molecule has 0 atom stereocenters. The van der Waals surface area contributed by atoms with Crippen molar-refractivity contribution in [3.8, 4) is 11.4 Å². The number of carbonyl (C=O) groups is 1. The summed E-state index contributed by atoms with van der Waals surface area (Å²) in [6.45, 7) is 4.09. The fraction of sp³-hybridized carbons (Fsp3) is 0.391. The SMILES string of the molecule is CN(C)CCC(=O)N1CCN(c2cccc(-c3nc4ccccc4n3C)c2)CC1. The zero-order valence-electron chi connectivity index (χ0n) is 17.5. The standard InChI is InChI=1S/C23H29N5O/c1-25(2)12-11-22(29)28-15-13-27(14-16-28)19-8-6-7-18(17-19)23-24-20-9-4-5-10-21(20)26(23)3/h4-10,17H,11-16H2,1-3H3. The number of benzene rings is 2. The molecule has 2 aromatic carbocycles. The van der Waals surface area contributed by atoms with E-state index in [4.69, 9.17) is 4.98 Å². The number of amides is 1. The molecule has 0 unspecified atom stereocenters. The Hall–Kier alpha value is -2.86. The van der Waals surface area contributed by atoms with Crippen molar-refractivity contribution in [1.82, 2.24) is 19.4 Å². The molecule has 1 aliphatic heterocycles. The summed E-state index contributed by atoms with van der Waals surface area (Å²) in [6, 6.07) is 16.8. The van der Waals surface area contributed by atoms with Crippen LogP contribution in [0.3, 0.4) is 0 Å². The molecule has 1 aromatic heterocycles. The summed E-state index contributed by atoms with van der Waals surface area (Å²) in [4.78, 5) is 23.6. The maximum absolute atomic E-state index is 12.4. The maximum Gasteiger partial charge on any atom is 0.223 e. The lowest BCUT2D eigenvalue weighted by molar-refractivity contribution is -0.131. The van der Waals surface area contributed by atoms with Crippen LogP contribution < -0.4 is 4.90 Å². The number of fused-ring (bicyclic) bond motifs is 1. The third-order valence-corrected chi connectivity index (χ3v) is 5.66. The first-order chi connectivity index (χ1) is 14.0. The molecule has 152 valence electrons. The highest BCUT2D eigenvalue weighted by molar-refractivity contribution is 5.81. The highest BCUT2D eigenvalue weighted by atomic mass is 16.2. The van der Waals surface area contributed by atoms with Crippen LogP contribution in [0.5, 0.6) is 0 Å². The van der Waals surface area contributed by atoms with E-state index in [1.165, 1.54) is 5.69 Å². The number of aromatic nitrogens is 2. The van der Waals surface area contributed by atoms with Crippen LogP contribution in [0.15, 0.2) is 48.5 Å². The van der Waals surface area contributed by atoms with E-state index in [2.05, 4.69) is 57.8 Å². The van der Waals surface area contributed by atoms with Gasteiger partial charge in [0.25, 0.3) is 0 Å². The van der Waals surface area contributed by atoms with E-state index in [9.17, 15) is 4.79 Å². The minimum Gasteiger partial charge on any atom is -0.368 e. The van der Waals surface area contributed by atoms with Crippen molar-refractivity contribution in [2.75, 3.05) is 51.7 Å². The van der Waals surface area contributed by atoms with Gasteiger partial charge in [-0.1, -0.05) is 24.3 Å². The summed E-state index contributed by atoms with van der Waals surface area (Å²) in [7, 11) is 6.07. The van der Waals surface area contributed by atoms with Gasteiger partial charge < -0.3 is 19.3 Å². The van der Waals surface area contributed by atoms with Crippen LogP contribution in [-0.4, -0.2) is 72.1 Å². The fourth-order valence-corrected chi connectivity index (χ4v) is 3.94. The van der Waals surface area contributed by atoms with Crippen molar-refractivity contribution in [2.24, 2.45) is 7.05 Å². The topological polar surface area (TPSA) is 44.6 Å². The number of aryl methyl sites for hydroxylation is 1. The lowest BCUT2D eigenvalue weighted by Crippen LogP contribution is -2.49. The van der Waals surface area contributed by atoms with E-state index in [1.807, 2.05) is 31.1 Å². The molecule has 0 radical (unpaired) electrons. The summed E-state index contributed by atoms with van der Waals surface area (Å²) in [5.74, 6) is 1.23. The van der Waals surface area contributed by atoms with E-state index in [0.29, 0.717) is 6.42 Å². The Morgan fingerprint density at radius 2 is 1.79 bits per heavy atom. The Morgan fingerprint density at radius 1 is 1.03 bits per heavy atom. The summed E-state index contributed by atoms with van der Waals surface area (Å²) >= 11 is 0. The number of carbonyl (C=O) groups excluding carboxylic acids is 1. The van der Waals surface area contributed by atoms with Crippen molar-refractivity contribution >= 4 is 22.6 Å². The molecule has 29 heavy (non-hydrogen) atoms. The first-order valence-corrected chi connectivity index (χ1v) is 10.2. The molecular formula is C23H29N5O. The molecule has 0 N–H and O–H groups in total. The molecule has 2 heterocycles. The second-order valence-electron chi connectivity index (χ2n) is 7.95. The first kappa shape index (κ1) is 19.5. The third-order valence-electron chi connectivity index (χ3n) is 5.66. The minimum absolute atomic E-state index is 0.256. The van der Waals surface area contributed by atoms with Crippen LogP contribution in [0.4, 0.5) is 5.69 Å². The van der Waals surface area contributed by atoms with Gasteiger partial charge >= 0.3 is 0 Å². The predicted octanol–water partition coefficient (Wildman–Crippen LogP) is 2.84. The lowest BCUT2D eigenvalue weighted by Gasteiger charge is -2.36. The molecule has 3 aromatic rings. The van der Waals surface area contributed by atoms with E-state index >= 15 is 0 Å². The number of hydrogen-bond donors (Lipinski definition) is 0. The van der Waals surface area contributed by atoms with E-state index in [0.717, 1.165) is 55.1 Å². The predicted molar refractivity (Wildman–Crippen MR) is 118 cm³/mol. The second kappa shape index (κ2) is 8.25. The number of para-hydroxylation sites is 2. The number of hydrogen-bond acceptors (Lipinski definition) is 4. The quantitative estimate of drug-likeness (QED) is 0.671. The number of nitrogens with zero attached hydrogens (tertiary/aromatic N) is 5. The lowest BCUT2D eigenvalue weighted by atomic mass is 10.1. The highest BCUT2D eigenvalue weighted by Gasteiger charge is 2.21. The van der Waals surface area contributed by atoms with Crippen LogP contribution in [-0.2, 0) is 11.8 Å². The summed E-state index contributed by atoms with van der Waals surface area (Å²) in [6.07, 6.45) is 0.592. The molecule has 0 spiro atoms. The number of piperazine rings is 1. The molecule has 4 rings (SSSR count). The van der Waals surface area contributed by atoms with Gasteiger partial charge in [-0.2, -0.15) is 0 Å². The van der Waals surface area contributed by atoms with Gasteiger partial charge in [-0.15, -0.1) is 0 Å². The Kier molecular flexibility index (Phi) is 5.53. The highest BCUT2D eigenvalue weighted by Crippen LogP contribution is 2.27. The van der Waals surface area contributed by atoms with E-state index < -0.39 is 0 Å². The van der Waals surface area contributed by atoms with Gasteiger partial charge in [0.05, 0.1) is 11.0 Å². The molecular weight excluding hydrogens is 362 g/mol. The molecule has 6 nitrogen and oxygen atoms in total. The van der Waals surface area contributed by atoms with E-state index in [1.54, 1.807) is 0 Å². The molecule has 1 amide bonds. The Morgan fingerprint density at radius 3 is 2.52 bits per heavy atom. The van der Waals surface area contributed by atoms with E-state index in [-0.39, 0.29) is 5.91 Å². The van der Waals surface area contributed by atoms with Crippen molar-refractivity contribution in [1.29, 1.82) is 0 Å². The Bertz CT molecular complexity index is 1000. The Balaban J connectivity index is 1.47. The average Bonchev–Trinajstić information content (AvgIpc) is 3.09. The smallest absolute Gasteiger partial charge is 0.223 e. The minimum atomic E-state index is 0.256. The molecule has 1 aliphatic rings. The van der Waals surface area contributed by atoms with Crippen LogP contribution in [0.1, 0.15) is 6.42 Å². The van der Waals surface area contributed by atoms with Gasteiger partial charge in [0, 0.05) is 57.4 Å². The van der Waals surface area contributed by atoms with Gasteiger partial charge in [0.15, 0.2) is 0 Å². The van der Waals surface area contributed by atoms with Crippen LogP contribution in [0.25, 0.3) is 22.4 Å². The van der Waals surface area contributed by atoms with Gasteiger partial charge in [-0.25, -0.2) is 4.98 Å². The molecule has 1 saturated heterocycles. The van der Waals surface area contributed by atoms with Crippen LogP contribution >= 0.6 is 0 Å². The average molecular weight is 392 g/mol. The Labute approximate surface area is 172 Å². The largest absolute Gasteiger partial charge is 0.368 e. The number of imidazole rings is 1. The van der Waals surface area contributed by atoms with Crippen LogP contribution in [0, 0.1) is 0 Å². The number of rotatable bonds is 5. The zero-order chi connectivity index (χ0) is 20.4. The third kappa shape index (κ3) is 4.12. The number of anilines is 1.